The number of benzene rings is 3. The molecule has 0 fully saturated rings. The first-order valence-electron chi connectivity index (χ1n) is 8.71. The smallest absolute Gasteiger partial charge is 0.252 e. The Labute approximate surface area is 160 Å². The van der Waals surface area contributed by atoms with Gasteiger partial charge in [0.1, 0.15) is 11.9 Å². The molecule has 0 aliphatic rings. The molecule has 1 amide bonds. The lowest BCUT2D eigenvalue weighted by Crippen LogP contribution is -2.29. The molecule has 0 bridgehead atoms. The highest BCUT2D eigenvalue weighted by atomic mass is 19.1. The normalized spacial score (nSPS) is 11.8. The summed E-state index contributed by atoms with van der Waals surface area (Å²) in [5.41, 5.74) is 1.77. The van der Waals surface area contributed by atoms with E-state index in [-0.39, 0.29) is 11.5 Å². The molecule has 0 aliphatic heterocycles. The van der Waals surface area contributed by atoms with Crippen molar-refractivity contribution in [2.45, 2.75) is 6.04 Å². The van der Waals surface area contributed by atoms with Crippen LogP contribution in [0.4, 0.5) is 4.39 Å². The average Bonchev–Trinajstić information content (AvgIpc) is 3.23. The van der Waals surface area contributed by atoms with Gasteiger partial charge in [-0.05, 0) is 35.9 Å². The fourth-order valence-corrected chi connectivity index (χ4v) is 2.83. The van der Waals surface area contributed by atoms with Crippen molar-refractivity contribution in [3.8, 4) is 11.5 Å². The number of nitrogens with one attached hydrogen (secondary N) is 1. The van der Waals surface area contributed by atoms with Crippen LogP contribution in [0.3, 0.4) is 0 Å². The molecule has 6 heteroatoms. The first-order chi connectivity index (χ1) is 13.7. The molecule has 4 aromatic rings. The minimum Gasteiger partial charge on any atom is -0.418 e. The molecule has 1 aromatic heterocycles. The minimum absolute atomic E-state index is 0.212. The molecule has 0 unspecified atom stereocenters. The zero-order valence-electron chi connectivity index (χ0n) is 14.7. The van der Waals surface area contributed by atoms with Crippen molar-refractivity contribution in [3.05, 3.63) is 108 Å². The van der Waals surface area contributed by atoms with Crippen molar-refractivity contribution in [2.75, 3.05) is 0 Å². The van der Waals surface area contributed by atoms with Gasteiger partial charge in [0.05, 0.1) is 0 Å². The number of halogens is 1. The van der Waals surface area contributed by atoms with Crippen molar-refractivity contribution < 1.29 is 13.6 Å². The summed E-state index contributed by atoms with van der Waals surface area (Å²) < 4.78 is 19.3. The molecule has 0 spiro atoms. The summed E-state index contributed by atoms with van der Waals surface area (Å²) in [5.74, 6) is -0.313. The van der Waals surface area contributed by atoms with E-state index in [0.717, 1.165) is 11.1 Å². The first kappa shape index (κ1) is 17.6. The fourth-order valence-electron chi connectivity index (χ4n) is 2.83. The van der Waals surface area contributed by atoms with Crippen molar-refractivity contribution >= 4 is 5.91 Å². The number of aromatic nitrogens is 2. The lowest BCUT2D eigenvalue weighted by molar-refractivity contribution is 0.0937. The van der Waals surface area contributed by atoms with E-state index in [1.54, 1.807) is 6.07 Å². The molecule has 4 rings (SSSR count). The summed E-state index contributed by atoms with van der Waals surface area (Å²) in [4.78, 5) is 12.7. The number of carbonyl (C=O) groups excluding carboxylic acids is 1. The van der Waals surface area contributed by atoms with Crippen LogP contribution in [0.25, 0.3) is 11.5 Å². The van der Waals surface area contributed by atoms with Crippen LogP contribution < -0.4 is 5.32 Å². The maximum absolute atomic E-state index is 13.5. The molecule has 0 saturated heterocycles. The van der Waals surface area contributed by atoms with Crippen LogP contribution in [-0.2, 0) is 0 Å². The van der Waals surface area contributed by atoms with Gasteiger partial charge in [0.15, 0.2) is 0 Å². The average molecular weight is 373 g/mol. The van der Waals surface area contributed by atoms with Gasteiger partial charge in [-0.25, -0.2) is 4.39 Å². The van der Waals surface area contributed by atoms with E-state index in [2.05, 4.69) is 15.5 Å². The van der Waals surface area contributed by atoms with Gasteiger partial charge < -0.3 is 9.73 Å². The molecule has 0 radical (unpaired) electrons. The Hall–Kier alpha value is -3.80. The molecular weight excluding hydrogens is 357 g/mol. The van der Waals surface area contributed by atoms with Crippen molar-refractivity contribution in [3.63, 3.8) is 0 Å². The molecule has 1 N–H and O–H groups in total. The Kier molecular flexibility index (Phi) is 4.93. The predicted molar refractivity (Wildman–Crippen MR) is 102 cm³/mol. The Morgan fingerprint density at radius 1 is 0.893 bits per heavy atom. The highest BCUT2D eigenvalue weighted by Crippen LogP contribution is 2.25. The Balaban J connectivity index is 1.67. The molecule has 0 saturated carbocycles. The maximum atomic E-state index is 13.5. The molecule has 1 heterocycles. The molecular formula is C22H16FN3O2. The summed E-state index contributed by atoms with van der Waals surface area (Å²) in [6, 6.07) is 23.5. The van der Waals surface area contributed by atoms with E-state index in [4.69, 9.17) is 4.42 Å². The first-order valence-corrected chi connectivity index (χ1v) is 8.71. The SMILES string of the molecule is O=C(N[C@@H](c1ccccc1)c1nnc(-c2ccccc2)o1)c1cccc(F)c1. The summed E-state index contributed by atoms with van der Waals surface area (Å²) >= 11 is 0. The number of nitrogens with zero attached hydrogens (tertiary/aromatic N) is 2. The van der Waals surface area contributed by atoms with Gasteiger partial charge in [-0.2, -0.15) is 0 Å². The molecule has 0 aliphatic carbocycles. The van der Waals surface area contributed by atoms with Gasteiger partial charge in [-0.3, -0.25) is 4.79 Å². The van der Waals surface area contributed by atoms with E-state index in [1.807, 2.05) is 60.7 Å². The van der Waals surface area contributed by atoms with Crippen LogP contribution in [0, 0.1) is 5.82 Å². The van der Waals surface area contributed by atoms with Gasteiger partial charge in [-0.1, -0.05) is 54.6 Å². The Bertz CT molecular complexity index is 1080. The Morgan fingerprint density at radius 2 is 1.61 bits per heavy atom. The third-order valence-electron chi connectivity index (χ3n) is 4.20. The number of hydrogen-bond acceptors (Lipinski definition) is 4. The summed E-state index contributed by atoms with van der Waals surface area (Å²) in [6.45, 7) is 0. The lowest BCUT2D eigenvalue weighted by atomic mass is 10.1. The zero-order chi connectivity index (χ0) is 19.3. The second kappa shape index (κ2) is 7.84. The Morgan fingerprint density at radius 3 is 2.32 bits per heavy atom. The summed E-state index contributed by atoms with van der Waals surface area (Å²) in [6.07, 6.45) is 0. The zero-order valence-corrected chi connectivity index (χ0v) is 14.7. The van der Waals surface area contributed by atoms with Crippen LogP contribution in [-0.4, -0.2) is 16.1 Å². The van der Waals surface area contributed by atoms with Crippen molar-refractivity contribution in [2.24, 2.45) is 0 Å². The lowest BCUT2D eigenvalue weighted by Gasteiger charge is -2.15. The summed E-state index contributed by atoms with van der Waals surface area (Å²) in [7, 11) is 0. The minimum atomic E-state index is -0.665. The largest absolute Gasteiger partial charge is 0.418 e. The van der Waals surface area contributed by atoms with E-state index in [1.165, 1.54) is 18.2 Å². The van der Waals surface area contributed by atoms with Gasteiger partial charge in [0, 0.05) is 11.1 Å². The highest BCUT2D eigenvalue weighted by molar-refractivity contribution is 5.94. The number of carbonyl (C=O) groups is 1. The van der Waals surface area contributed by atoms with Crippen LogP contribution >= 0.6 is 0 Å². The molecule has 28 heavy (non-hydrogen) atoms. The second-order valence-electron chi connectivity index (χ2n) is 6.14. The van der Waals surface area contributed by atoms with Crippen molar-refractivity contribution in [1.29, 1.82) is 0 Å². The van der Waals surface area contributed by atoms with E-state index in [0.29, 0.717) is 5.89 Å². The molecule has 5 nitrogen and oxygen atoms in total. The maximum Gasteiger partial charge on any atom is 0.252 e. The quantitative estimate of drug-likeness (QED) is 0.563. The van der Waals surface area contributed by atoms with E-state index < -0.39 is 17.8 Å². The standard InChI is InChI=1S/C22H16FN3O2/c23-18-13-7-12-17(14-18)20(27)24-19(15-8-3-1-4-9-15)22-26-25-21(28-22)16-10-5-2-6-11-16/h1-14,19H,(H,24,27)/t19-/m0/s1. The van der Waals surface area contributed by atoms with Gasteiger partial charge in [0.2, 0.25) is 11.8 Å². The van der Waals surface area contributed by atoms with E-state index in [9.17, 15) is 9.18 Å². The topological polar surface area (TPSA) is 68.0 Å². The van der Waals surface area contributed by atoms with Crippen LogP contribution in [0.1, 0.15) is 27.9 Å². The molecule has 1 atom stereocenters. The highest BCUT2D eigenvalue weighted by Gasteiger charge is 2.24. The number of rotatable bonds is 5. The van der Waals surface area contributed by atoms with Gasteiger partial charge >= 0.3 is 0 Å². The third kappa shape index (κ3) is 3.81. The number of hydrogen-bond donors (Lipinski definition) is 1. The van der Waals surface area contributed by atoms with Gasteiger partial charge in [0.25, 0.3) is 5.91 Å². The predicted octanol–water partition coefficient (Wildman–Crippen LogP) is 4.40. The summed E-state index contributed by atoms with van der Waals surface area (Å²) in [5, 5.41) is 11.1. The van der Waals surface area contributed by atoms with Crippen molar-refractivity contribution in [1.82, 2.24) is 15.5 Å². The number of amides is 1. The molecule has 3 aromatic carbocycles. The van der Waals surface area contributed by atoms with E-state index >= 15 is 0 Å². The molecule has 138 valence electrons. The van der Waals surface area contributed by atoms with Gasteiger partial charge in [-0.15, -0.1) is 10.2 Å². The monoisotopic (exact) mass is 373 g/mol. The third-order valence-corrected chi connectivity index (χ3v) is 4.20. The fraction of sp³-hybridized carbons (Fsp3) is 0.0455. The van der Waals surface area contributed by atoms with Crippen LogP contribution in [0.5, 0.6) is 0 Å². The van der Waals surface area contributed by atoms with Crippen LogP contribution in [0.2, 0.25) is 0 Å². The van der Waals surface area contributed by atoms with Crippen LogP contribution in [0.15, 0.2) is 89.3 Å². The second-order valence-corrected chi connectivity index (χ2v) is 6.14.